The summed E-state index contributed by atoms with van der Waals surface area (Å²) in [6.45, 7) is 3.37. The molecule has 1 aliphatic rings. The quantitative estimate of drug-likeness (QED) is 0.917. The first-order chi connectivity index (χ1) is 9.61. The Morgan fingerprint density at radius 3 is 2.90 bits per heavy atom. The van der Waals surface area contributed by atoms with Crippen molar-refractivity contribution in [3.05, 3.63) is 29.3 Å². The van der Waals surface area contributed by atoms with Gasteiger partial charge in [-0.15, -0.1) is 0 Å². The van der Waals surface area contributed by atoms with Crippen LogP contribution in [0.1, 0.15) is 43.4 Å². The number of nitrogens with zero attached hydrogens (tertiary/aromatic N) is 2. The van der Waals surface area contributed by atoms with Crippen molar-refractivity contribution in [2.45, 2.75) is 38.4 Å². The Morgan fingerprint density at radius 2 is 2.30 bits per heavy atom. The fourth-order valence-corrected chi connectivity index (χ4v) is 2.65. The maximum Gasteiger partial charge on any atom is 0.0992 e. The predicted molar refractivity (Wildman–Crippen MR) is 78.7 cm³/mol. The molecule has 4 nitrogen and oxygen atoms in total. The van der Waals surface area contributed by atoms with Gasteiger partial charge in [-0.05, 0) is 38.3 Å². The highest BCUT2D eigenvalue weighted by Gasteiger charge is 2.19. The second kappa shape index (κ2) is 6.74. The highest BCUT2D eigenvalue weighted by molar-refractivity contribution is 5.58. The number of likely N-dealkylation sites (N-methyl/N-ethyl adjacent to an activating group) is 1. The van der Waals surface area contributed by atoms with E-state index in [0.29, 0.717) is 5.56 Å². The Kier molecular flexibility index (Phi) is 4.99. The summed E-state index contributed by atoms with van der Waals surface area (Å²) >= 11 is 0. The molecule has 0 bridgehead atoms. The zero-order valence-electron chi connectivity index (χ0n) is 12.2. The lowest BCUT2D eigenvalue weighted by molar-refractivity contribution is 0.0215. The molecular formula is C16H22N2O2. The zero-order chi connectivity index (χ0) is 14.5. The molecule has 1 saturated heterocycles. The van der Waals surface area contributed by atoms with Crippen molar-refractivity contribution in [2.75, 3.05) is 25.1 Å². The largest absolute Gasteiger partial charge is 0.389 e. The van der Waals surface area contributed by atoms with Crippen LogP contribution in [0, 0.1) is 11.3 Å². The van der Waals surface area contributed by atoms with E-state index in [1.165, 1.54) is 6.42 Å². The number of ether oxygens (including phenoxy) is 1. The number of hydrogen-bond acceptors (Lipinski definition) is 4. The molecule has 1 aromatic carbocycles. The third kappa shape index (κ3) is 3.50. The summed E-state index contributed by atoms with van der Waals surface area (Å²) in [6, 6.07) is 7.57. The number of nitriles is 1. The molecule has 0 aromatic heterocycles. The summed E-state index contributed by atoms with van der Waals surface area (Å²) in [5, 5.41) is 18.9. The molecule has 2 atom stereocenters. The molecule has 2 rings (SSSR count). The molecule has 4 heteroatoms. The van der Waals surface area contributed by atoms with Gasteiger partial charge in [0.15, 0.2) is 0 Å². The van der Waals surface area contributed by atoms with E-state index < -0.39 is 6.10 Å². The van der Waals surface area contributed by atoms with E-state index in [1.54, 1.807) is 13.0 Å². The van der Waals surface area contributed by atoms with Gasteiger partial charge in [0, 0.05) is 31.5 Å². The van der Waals surface area contributed by atoms with Gasteiger partial charge in [-0.2, -0.15) is 5.26 Å². The molecular weight excluding hydrogens is 252 g/mol. The lowest BCUT2D eigenvalue weighted by Crippen LogP contribution is -2.34. The summed E-state index contributed by atoms with van der Waals surface area (Å²) < 4.78 is 5.76. The van der Waals surface area contributed by atoms with Gasteiger partial charge in [-0.25, -0.2) is 0 Å². The Hall–Kier alpha value is -1.57. The standard InChI is InChI=1S/C16H22N2O2/c1-12(19)15-7-6-13(10-17)9-16(15)18(2)11-14-5-3-4-8-20-14/h6-7,9,12,14,19H,3-5,8,11H2,1-2H3/t12-,14?/m1/s1. The van der Waals surface area contributed by atoms with Gasteiger partial charge >= 0.3 is 0 Å². The van der Waals surface area contributed by atoms with Gasteiger partial charge in [-0.1, -0.05) is 6.07 Å². The van der Waals surface area contributed by atoms with Crippen LogP contribution in [-0.2, 0) is 4.74 Å². The maximum atomic E-state index is 9.88. The van der Waals surface area contributed by atoms with Crippen molar-refractivity contribution in [1.82, 2.24) is 0 Å². The van der Waals surface area contributed by atoms with Crippen molar-refractivity contribution in [2.24, 2.45) is 0 Å². The molecule has 0 amide bonds. The molecule has 1 aliphatic heterocycles. The average molecular weight is 274 g/mol. The third-order valence-electron chi connectivity index (χ3n) is 3.77. The number of benzene rings is 1. The van der Waals surface area contributed by atoms with Crippen LogP contribution in [0.4, 0.5) is 5.69 Å². The van der Waals surface area contributed by atoms with Gasteiger partial charge in [0.1, 0.15) is 0 Å². The van der Waals surface area contributed by atoms with E-state index in [9.17, 15) is 5.11 Å². The molecule has 20 heavy (non-hydrogen) atoms. The minimum absolute atomic E-state index is 0.237. The number of hydrogen-bond donors (Lipinski definition) is 1. The number of anilines is 1. The average Bonchev–Trinajstić information content (AvgIpc) is 2.47. The van der Waals surface area contributed by atoms with Crippen molar-refractivity contribution in [1.29, 1.82) is 5.26 Å². The van der Waals surface area contributed by atoms with Crippen molar-refractivity contribution < 1.29 is 9.84 Å². The second-order valence-electron chi connectivity index (χ2n) is 5.43. The molecule has 1 N–H and O–H groups in total. The number of aliphatic hydroxyl groups excluding tert-OH is 1. The highest BCUT2D eigenvalue weighted by Crippen LogP contribution is 2.28. The Bertz CT molecular complexity index is 488. The molecule has 1 heterocycles. The monoisotopic (exact) mass is 274 g/mol. The lowest BCUT2D eigenvalue weighted by Gasteiger charge is -2.30. The van der Waals surface area contributed by atoms with Crippen LogP contribution in [0.5, 0.6) is 0 Å². The summed E-state index contributed by atoms with van der Waals surface area (Å²) in [5.74, 6) is 0. The van der Waals surface area contributed by atoms with Gasteiger partial charge in [0.05, 0.1) is 23.8 Å². The fourth-order valence-electron chi connectivity index (χ4n) is 2.65. The maximum absolute atomic E-state index is 9.88. The molecule has 0 saturated carbocycles. The second-order valence-corrected chi connectivity index (χ2v) is 5.43. The fraction of sp³-hybridized carbons (Fsp3) is 0.562. The van der Waals surface area contributed by atoms with E-state index in [0.717, 1.165) is 37.2 Å². The highest BCUT2D eigenvalue weighted by atomic mass is 16.5. The van der Waals surface area contributed by atoms with E-state index in [2.05, 4.69) is 11.0 Å². The van der Waals surface area contributed by atoms with Gasteiger partial charge < -0.3 is 14.7 Å². The summed E-state index contributed by atoms with van der Waals surface area (Å²) in [6.07, 6.45) is 3.11. The lowest BCUT2D eigenvalue weighted by atomic mass is 10.0. The van der Waals surface area contributed by atoms with Crippen LogP contribution in [0.25, 0.3) is 0 Å². The number of rotatable bonds is 4. The summed E-state index contributed by atoms with van der Waals surface area (Å²) in [4.78, 5) is 2.08. The number of aliphatic hydroxyl groups is 1. The molecule has 1 aromatic rings. The Labute approximate surface area is 120 Å². The van der Waals surface area contributed by atoms with Crippen LogP contribution < -0.4 is 4.90 Å². The van der Waals surface area contributed by atoms with Crippen LogP contribution in [-0.4, -0.2) is 31.4 Å². The predicted octanol–water partition coefficient (Wildman–Crippen LogP) is 2.62. The third-order valence-corrected chi connectivity index (χ3v) is 3.77. The van der Waals surface area contributed by atoms with Crippen molar-refractivity contribution in [3.8, 4) is 6.07 Å². The van der Waals surface area contributed by atoms with Gasteiger partial charge in [0.2, 0.25) is 0 Å². The molecule has 0 spiro atoms. The van der Waals surface area contributed by atoms with Gasteiger partial charge in [-0.3, -0.25) is 0 Å². The molecule has 1 unspecified atom stereocenters. The van der Waals surface area contributed by atoms with Crippen LogP contribution in [0.3, 0.4) is 0 Å². The minimum Gasteiger partial charge on any atom is -0.389 e. The zero-order valence-corrected chi connectivity index (χ0v) is 12.2. The Balaban J connectivity index is 2.18. The first-order valence-electron chi connectivity index (χ1n) is 7.16. The SMILES string of the molecule is C[C@@H](O)c1ccc(C#N)cc1N(C)CC1CCCCO1. The first kappa shape index (κ1) is 14.8. The van der Waals surface area contributed by atoms with Gasteiger partial charge in [0.25, 0.3) is 0 Å². The molecule has 0 radical (unpaired) electrons. The molecule has 108 valence electrons. The van der Waals surface area contributed by atoms with Crippen LogP contribution >= 0.6 is 0 Å². The first-order valence-corrected chi connectivity index (χ1v) is 7.16. The van der Waals surface area contributed by atoms with Crippen molar-refractivity contribution in [3.63, 3.8) is 0 Å². The smallest absolute Gasteiger partial charge is 0.0992 e. The normalized spacial score (nSPS) is 20.2. The molecule has 1 fully saturated rings. The van der Waals surface area contributed by atoms with E-state index in [4.69, 9.17) is 10.00 Å². The minimum atomic E-state index is -0.549. The molecule has 0 aliphatic carbocycles. The Morgan fingerprint density at radius 1 is 1.50 bits per heavy atom. The van der Waals surface area contributed by atoms with E-state index >= 15 is 0 Å². The van der Waals surface area contributed by atoms with Crippen LogP contribution in [0.15, 0.2) is 18.2 Å². The topological polar surface area (TPSA) is 56.5 Å². The van der Waals surface area contributed by atoms with Crippen LogP contribution in [0.2, 0.25) is 0 Å². The van der Waals surface area contributed by atoms with Crippen molar-refractivity contribution >= 4 is 5.69 Å². The van der Waals surface area contributed by atoms with E-state index in [-0.39, 0.29) is 6.10 Å². The summed E-state index contributed by atoms with van der Waals surface area (Å²) in [5.41, 5.74) is 2.37. The van der Waals surface area contributed by atoms with E-state index in [1.807, 2.05) is 19.2 Å². The summed E-state index contributed by atoms with van der Waals surface area (Å²) in [7, 11) is 1.99.